The van der Waals surface area contributed by atoms with E-state index in [-0.39, 0.29) is 11.8 Å². The molecule has 0 bridgehead atoms. The van der Waals surface area contributed by atoms with E-state index >= 15 is 0 Å². The predicted octanol–water partition coefficient (Wildman–Crippen LogP) is 3.01. The summed E-state index contributed by atoms with van der Waals surface area (Å²) < 4.78 is 1.95. The van der Waals surface area contributed by atoms with Crippen molar-refractivity contribution < 1.29 is 4.79 Å². The van der Waals surface area contributed by atoms with Crippen LogP contribution >= 0.6 is 11.6 Å². The molecule has 1 aliphatic carbocycles. The zero-order valence-corrected chi connectivity index (χ0v) is 14.3. The Balaban J connectivity index is 1.56. The molecular formula is C17H21ClN4O. The smallest absolute Gasteiger partial charge is 0.224 e. The number of benzene rings is 1. The molecule has 0 saturated heterocycles. The van der Waals surface area contributed by atoms with Crippen molar-refractivity contribution in [2.24, 2.45) is 13.0 Å². The van der Waals surface area contributed by atoms with Gasteiger partial charge in [0.05, 0.1) is 6.54 Å². The average molecular weight is 333 g/mol. The molecule has 1 fully saturated rings. The molecule has 1 aromatic heterocycles. The van der Waals surface area contributed by atoms with Crippen LogP contribution in [-0.4, -0.2) is 20.7 Å². The number of nitrogens with one attached hydrogen (secondary N) is 1. The first-order valence-electron chi connectivity index (χ1n) is 7.88. The van der Waals surface area contributed by atoms with E-state index in [0.29, 0.717) is 18.4 Å². The van der Waals surface area contributed by atoms with E-state index in [1.807, 2.05) is 35.9 Å². The summed E-state index contributed by atoms with van der Waals surface area (Å²) in [5.41, 5.74) is 1.18. The zero-order chi connectivity index (χ0) is 16.6. The van der Waals surface area contributed by atoms with E-state index in [9.17, 15) is 4.79 Å². The van der Waals surface area contributed by atoms with Crippen molar-refractivity contribution >= 4 is 17.5 Å². The fourth-order valence-corrected chi connectivity index (χ4v) is 3.02. The number of rotatable bonds is 5. The largest absolute Gasteiger partial charge is 0.349 e. The Kier molecular flexibility index (Phi) is 4.39. The number of nitrogens with zero attached hydrogens (tertiary/aromatic N) is 3. The highest BCUT2D eigenvalue weighted by atomic mass is 35.5. The second kappa shape index (κ2) is 6.32. The highest BCUT2D eigenvalue weighted by molar-refractivity contribution is 6.30. The van der Waals surface area contributed by atoms with Crippen molar-refractivity contribution in [3.05, 3.63) is 46.5 Å². The van der Waals surface area contributed by atoms with Gasteiger partial charge in [0.15, 0.2) is 5.82 Å². The van der Waals surface area contributed by atoms with Gasteiger partial charge in [0, 0.05) is 23.9 Å². The first-order valence-corrected chi connectivity index (χ1v) is 8.26. The Morgan fingerprint density at radius 1 is 1.35 bits per heavy atom. The summed E-state index contributed by atoms with van der Waals surface area (Å²) >= 11 is 5.90. The van der Waals surface area contributed by atoms with Gasteiger partial charge in [-0.1, -0.05) is 37.6 Å². The van der Waals surface area contributed by atoms with Crippen LogP contribution in [0.25, 0.3) is 0 Å². The van der Waals surface area contributed by atoms with E-state index in [4.69, 9.17) is 11.6 Å². The third kappa shape index (κ3) is 3.39. The van der Waals surface area contributed by atoms with E-state index in [2.05, 4.69) is 29.4 Å². The summed E-state index contributed by atoms with van der Waals surface area (Å²) in [4.78, 5) is 12.3. The molecule has 1 amide bonds. The Bertz CT molecular complexity index is 708. The molecule has 1 saturated carbocycles. The molecule has 6 heteroatoms. The topological polar surface area (TPSA) is 59.8 Å². The number of hydrogen-bond acceptors (Lipinski definition) is 3. The number of amides is 1. The van der Waals surface area contributed by atoms with Gasteiger partial charge >= 0.3 is 0 Å². The van der Waals surface area contributed by atoms with Gasteiger partial charge in [-0.15, -0.1) is 10.2 Å². The van der Waals surface area contributed by atoms with Crippen molar-refractivity contribution in [3.63, 3.8) is 0 Å². The van der Waals surface area contributed by atoms with Crippen LogP contribution in [0.5, 0.6) is 0 Å². The highest BCUT2D eigenvalue weighted by Crippen LogP contribution is 2.47. The number of carbonyl (C=O) groups excluding carboxylic acids is 1. The van der Waals surface area contributed by atoms with Gasteiger partial charge in [-0.05, 0) is 30.0 Å². The minimum Gasteiger partial charge on any atom is -0.349 e. The lowest BCUT2D eigenvalue weighted by molar-refractivity contribution is -0.122. The molecule has 5 nitrogen and oxygen atoms in total. The van der Waals surface area contributed by atoms with Crippen LogP contribution in [0.3, 0.4) is 0 Å². The summed E-state index contributed by atoms with van der Waals surface area (Å²) in [7, 11) is 1.93. The number of halogens is 1. The highest BCUT2D eigenvalue weighted by Gasteiger charge is 2.43. The second-order valence-electron chi connectivity index (χ2n) is 6.41. The molecule has 0 radical (unpaired) electrons. The minimum atomic E-state index is 0.0500. The summed E-state index contributed by atoms with van der Waals surface area (Å²) in [5.74, 6) is 2.46. The third-order valence-corrected chi connectivity index (χ3v) is 4.61. The number of carbonyl (C=O) groups is 1. The second-order valence-corrected chi connectivity index (χ2v) is 6.84. The van der Waals surface area contributed by atoms with Gasteiger partial charge < -0.3 is 9.88 Å². The average Bonchev–Trinajstić information content (AvgIpc) is 3.23. The predicted molar refractivity (Wildman–Crippen MR) is 89.2 cm³/mol. The Morgan fingerprint density at radius 2 is 2.04 bits per heavy atom. The summed E-state index contributed by atoms with van der Waals surface area (Å²) in [6, 6.07) is 7.74. The van der Waals surface area contributed by atoms with Crippen molar-refractivity contribution in [3.8, 4) is 0 Å². The fourth-order valence-electron chi connectivity index (χ4n) is 2.89. The number of aromatic nitrogens is 3. The molecule has 122 valence electrons. The van der Waals surface area contributed by atoms with Gasteiger partial charge in [-0.25, -0.2) is 0 Å². The van der Waals surface area contributed by atoms with Crippen molar-refractivity contribution in [1.82, 2.24) is 20.1 Å². The van der Waals surface area contributed by atoms with Gasteiger partial charge in [-0.3, -0.25) is 4.79 Å². The van der Waals surface area contributed by atoms with Gasteiger partial charge in [0.25, 0.3) is 0 Å². The molecule has 2 atom stereocenters. The molecule has 1 aromatic carbocycles. The molecular weight excluding hydrogens is 312 g/mol. The van der Waals surface area contributed by atoms with Crippen LogP contribution in [0.15, 0.2) is 24.3 Å². The maximum atomic E-state index is 12.3. The van der Waals surface area contributed by atoms with E-state index in [0.717, 1.165) is 23.1 Å². The number of hydrogen-bond donors (Lipinski definition) is 1. The lowest BCUT2D eigenvalue weighted by Gasteiger charge is -2.07. The summed E-state index contributed by atoms with van der Waals surface area (Å²) in [6.45, 7) is 4.57. The summed E-state index contributed by atoms with van der Waals surface area (Å²) in [5, 5.41) is 12.0. The summed E-state index contributed by atoms with van der Waals surface area (Å²) in [6.07, 6.45) is 0.892. The SMILES string of the molecule is CC(C)c1nnc(CNC(=O)[C@@H]2C[C@H]2c2ccc(Cl)cc2)n1C. The Morgan fingerprint density at radius 3 is 2.65 bits per heavy atom. The van der Waals surface area contributed by atoms with Crippen molar-refractivity contribution in [2.75, 3.05) is 0 Å². The minimum absolute atomic E-state index is 0.0500. The maximum absolute atomic E-state index is 12.3. The van der Waals surface area contributed by atoms with E-state index in [1.54, 1.807) is 0 Å². The molecule has 23 heavy (non-hydrogen) atoms. The van der Waals surface area contributed by atoms with Gasteiger partial charge in [0.1, 0.15) is 5.82 Å². The normalized spacial score (nSPS) is 19.9. The van der Waals surface area contributed by atoms with Crippen molar-refractivity contribution in [1.29, 1.82) is 0 Å². The first kappa shape index (κ1) is 16.0. The molecule has 0 spiro atoms. The molecule has 0 aliphatic heterocycles. The van der Waals surface area contributed by atoms with Crippen LogP contribution in [0, 0.1) is 5.92 Å². The van der Waals surface area contributed by atoms with Crippen LogP contribution < -0.4 is 5.32 Å². The van der Waals surface area contributed by atoms with E-state index in [1.165, 1.54) is 5.56 Å². The van der Waals surface area contributed by atoms with Gasteiger partial charge in [0.2, 0.25) is 5.91 Å². The standard InChI is InChI=1S/C17H21ClN4O/c1-10(2)16-21-20-15(22(16)3)9-19-17(23)14-8-13(14)11-4-6-12(18)7-5-11/h4-7,10,13-14H,8-9H2,1-3H3,(H,19,23)/t13-,14+/m0/s1. The molecule has 1 N–H and O–H groups in total. The van der Waals surface area contributed by atoms with Crippen LogP contribution in [0.1, 0.15) is 49.3 Å². The third-order valence-electron chi connectivity index (χ3n) is 4.36. The van der Waals surface area contributed by atoms with Crippen LogP contribution in [0.4, 0.5) is 0 Å². The Hall–Kier alpha value is -1.88. The molecule has 3 rings (SSSR count). The molecule has 1 heterocycles. The molecule has 2 aromatic rings. The van der Waals surface area contributed by atoms with Crippen molar-refractivity contribution in [2.45, 2.75) is 38.6 Å². The maximum Gasteiger partial charge on any atom is 0.224 e. The van der Waals surface area contributed by atoms with Gasteiger partial charge in [-0.2, -0.15) is 0 Å². The fraction of sp³-hybridized carbons (Fsp3) is 0.471. The zero-order valence-electron chi connectivity index (χ0n) is 13.6. The molecule has 0 unspecified atom stereocenters. The monoisotopic (exact) mass is 332 g/mol. The Labute approximate surface area is 141 Å². The molecule has 1 aliphatic rings. The lowest BCUT2D eigenvalue weighted by Crippen LogP contribution is -2.26. The first-order chi connectivity index (χ1) is 11.0. The van der Waals surface area contributed by atoms with Crippen LogP contribution in [-0.2, 0) is 18.4 Å². The van der Waals surface area contributed by atoms with Crippen LogP contribution in [0.2, 0.25) is 5.02 Å². The van der Waals surface area contributed by atoms with E-state index < -0.39 is 0 Å². The quantitative estimate of drug-likeness (QED) is 0.915. The lowest BCUT2D eigenvalue weighted by atomic mass is 10.1.